The van der Waals surface area contributed by atoms with Crippen LogP contribution in [0.5, 0.6) is 5.88 Å². The van der Waals surface area contributed by atoms with Crippen LogP contribution in [0.25, 0.3) is 0 Å². The summed E-state index contributed by atoms with van der Waals surface area (Å²) in [6, 6.07) is 1.68. The molecule has 0 spiro atoms. The van der Waals surface area contributed by atoms with Gasteiger partial charge in [0.2, 0.25) is 11.8 Å². The van der Waals surface area contributed by atoms with E-state index in [2.05, 4.69) is 20.3 Å². The molecule has 8 heteroatoms. The van der Waals surface area contributed by atoms with Crippen molar-refractivity contribution in [2.45, 2.75) is 13.3 Å². The molecule has 0 aliphatic rings. The summed E-state index contributed by atoms with van der Waals surface area (Å²) in [5, 5.41) is 5.12. The molecule has 0 saturated carbocycles. The number of amides is 1. The van der Waals surface area contributed by atoms with Gasteiger partial charge in [0.25, 0.3) is 5.91 Å². The molecule has 7 nitrogen and oxygen atoms in total. The molecule has 20 heavy (non-hydrogen) atoms. The number of nitrogens with two attached hydrogens (primary N) is 1. The smallest absolute Gasteiger partial charge is 0.277 e. The fourth-order valence-electron chi connectivity index (χ4n) is 1.52. The second kappa shape index (κ2) is 6.40. The van der Waals surface area contributed by atoms with Crippen molar-refractivity contribution < 1.29 is 9.53 Å². The third kappa shape index (κ3) is 3.49. The van der Waals surface area contributed by atoms with E-state index in [0.717, 1.165) is 5.01 Å². The van der Waals surface area contributed by atoms with Gasteiger partial charge in [-0.3, -0.25) is 10.1 Å². The molecule has 2 heterocycles. The molecular weight excluding hydrogens is 278 g/mol. The number of carbonyl (C=O) groups excluding carboxylic acids is 1. The summed E-state index contributed by atoms with van der Waals surface area (Å²) in [6.07, 6.45) is 0.659. The lowest BCUT2D eigenvalue weighted by Crippen LogP contribution is -2.15. The van der Waals surface area contributed by atoms with Crippen LogP contribution in [-0.2, 0) is 6.42 Å². The first kappa shape index (κ1) is 14.4. The highest BCUT2D eigenvalue weighted by Crippen LogP contribution is 2.14. The van der Waals surface area contributed by atoms with Gasteiger partial charge < -0.3 is 10.5 Å². The number of nitrogens with one attached hydrogen (secondary N) is 1. The minimum atomic E-state index is -0.350. The molecule has 0 radical (unpaired) electrons. The summed E-state index contributed by atoms with van der Waals surface area (Å²) in [5.74, 6) is 0.243. The molecule has 0 fully saturated rings. The van der Waals surface area contributed by atoms with Gasteiger partial charge in [-0.25, -0.2) is 9.97 Å². The Labute approximate surface area is 120 Å². The number of ether oxygens (including phenoxy) is 1. The number of methoxy groups -OCH3 is 1. The molecule has 0 atom stereocenters. The third-order valence-electron chi connectivity index (χ3n) is 2.41. The molecule has 0 aromatic carbocycles. The minimum absolute atomic E-state index is 0.195. The molecule has 0 unspecified atom stereocenters. The Morgan fingerprint density at radius 2 is 2.25 bits per heavy atom. The maximum atomic E-state index is 12.0. The van der Waals surface area contributed by atoms with Crippen LogP contribution < -0.4 is 15.8 Å². The van der Waals surface area contributed by atoms with Crippen LogP contribution >= 0.6 is 11.3 Å². The Morgan fingerprint density at radius 3 is 2.95 bits per heavy atom. The summed E-state index contributed by atoms with van der Waals surface area (Å²) in [4.78, 5) is 24.4. The van der Waals surface area contributed by atoms with Gasteiger partial charge >= 0.3 is 0 Å². The van der Waals surface area contributed by atoms with Crippen LogP contribution in [0.15, 0.2) is 11.4 Å². The van der Waals surface area contributed by atoms with Crippen LogP contribution in [-0.4, -0.2) is 34.5 Å². The van der Waals surface area contributed by atoms with Gasteiger partial charge in [-0.1, -0.05) is 0 Å². The van der Waals surface area contributed by atoms with Gasteiger partial charge in [-0.15, -0.1) is 11.3 Å². The molecule has 2 aromatic rings. The number of carbonyl (C=O) groups is 1. The van der Waals surface area contributed by atoms with E-state index in [4.69, 9.17) is 10.5 Å². The van der Waals surface area contributed by atoms with Crippen molar-refractivity contribution in [1.82, 2.24) is 15.0 Å². The Kier molecular flexibility index (Phi) is 4.59. The topological polar surface area (TPSA) is 103 Å². The summed E-state index contributed by atoms with van der Waals surface area (Å²) in [7, 11) is 1.51. The van der Waals surface area contributed by atoms with Gasteiger partial charge in [-0.2, -0.15) is 4.98 Å². The van der Waals surface area contributed by atoms with Crippen molar-refractivity contribution in [3.8, 4) is 5.88 Å². The highest BCUT2D eigenvalue weighted by molar-refractivity contribution is 7.09. The number of thiazole rings is 1. The summed E-state index contributed by atoms with van der Waals surface area (Å²) in [5.41, 5.74) is 6.49. The zero-order valence-corrected chi connectivity index (χ0v) is 12.0. The summed E-state index contributed by atoms with van der Waals surface area (Å²) >= 11 is 1.41. The van der Waals surface area contributed by atoms with Gasteiger partial charge in [-0.05, 0) is 13.5 Å². The lowest BCUT2D eigenvalue weighted by atomic mass is 10.4. The molecule has 3 N–H and O–H groups in total. The van der Waals surface area contributed by atoms with E-state index in [1.807, 2.05) is 0 Å². The van der Waals surface area contributed by atoms with E-state index in [-0.39, 0.29) is 11.9 Å². The highest BCUT2D eigenvalue weighted by Gasteiger charge is 2.13. The first-order valence-corrected chi connectivity index (χ1v) is 6.86. The van der Waals surface area contributed by atoms with Crippen LogP contribution in [0.1, 0.15) is 21.2 Å². The van der Waals surface area contributed by atoms with Crippen molar-refractivity contribution in [3.05, 3.63) is 27.8 Å². The molecule has 0 aliphatic heterocycles. The van der Waals surface area contributed by atoms with Crippen LogP contribution in [0, 0.1) is 6.92 Å². The van der Waals surface area contributed by atoms with Crippen molar-refractivity contribution in [1.29, 1.82) is 0 Å². The average Bonchev–Trinajstić information content (AvgIpc) is 2.87. The SMILES string of the molecule is COc1cc(C)nc(NC(=O)c2csc(CCN)n2)n1. The fraction of sp³-hybridized carbons (Fsp3) is 0.333. The standard InChI is InChI=1S/C12H15N5O2S/c1-7-5-9(19-2)16-12(14-7)17-11(18)8-6-20-10(15-8)3-4-13/h5-6H,3-4,13H2,1-2H3,(H,14,16,17,18). The average molecular weight is 293 g/mol. The summed E-state index contributed by atoms with van der Waals surface area (Å²) in [6.45, 7) is 2.30. The second-order valence-corrected chi connectivity index (χ2v) is 4.94. The van der Waals surface area contributed by atoms with E-state index in [1.54, 1.807) is 18.4 Å². The zero-order chi connectivity index (χ0) is 14.5. The van der Waals surface area contributed by atoms with Crippen molar-refractivity contribution in [2.24, 2.45) is 5.73 Å². The van der Waals surface area contributed by atoms with E-state index in [0.29, 0.717) is 30.2 Å². The van der Waals surface area contributed by atoms with Crippen LogP contribution in [0.4, 0.5) is 5.95 Å². The number of rotatable bonds is 5. The van der Waals surface area contributed by atoms with Crippen LogP contribution in [0.3, 0.4) is 0 Å². The largest absolute Gasteiger partial charge is 0.481 e. The van der Waals surface area contributed by atoms with Crippen LogP contribution in [0.2, 0.25) is 0 Å². The quantitative estimate of drug-likeness (QED) is 0.852. The monoisotopic (exact) mass is 293 g/mol. The number of aryl methyl sites for hydroxylation is 1. The van der Waals surface area contributed by atoms with Crippen molar-refractivity contribution in [3.63, 3.8) is 0 Å². The summed E-state index contributed by atoms with van der Waals surface area (Å²) < 4.78 is 5.03. The normalized spacial score (nSPS) is 10.3. The number of nitrogens with zero attached hydrogens (tertiary/aromatic N) is 3. The zero-order valence-electron chi connectivity index (χ0n) is 11.2. The third-order valence-corrected chi connectivity index (χ3v) is 3.32. The maximum Gasteiger partial charge on any atom is 0.277 e. The first-order valence-electron chi connectivity index (χ1n) is 5.98. The fourth-order valence-corrected chi connectivity index (χ4v) is 2.31. The Morgan fingerprint density at radius 1 is 1.45 bits per heavy atom. The van der Waals surface area contributed by atoms with Gasteiger partial charge in [0.15, 0.2) is 0 Å². The molecule has 0 bridgehead atoms. The van der Waals surface area contributed by atoms with Gasteiger partial charge in [0, 0.05) is 23.6 Å². The number of hydrogen-bond donors (Lipinski definition) is 2. The predicted octanol–water partition coefficient (Wildman–Crippen LogP) is 1.00. The van der Waals surface area contributed by atoms with E-state index >= 15 is 0 Å². The molecule has 106 valence electrons. The molecule has 1 amide bonds. The highest BCUT2D eigenvalue weighted by atomic mass is 32.1. The van der Waals surface area contributed by atoms with Crippen molar-refractivity contribution >= 4 is 23.2 Å². The molecule has 0 aliphatic carbocycles. The lowest BCUT2D eigenvalue weighted by Gasteiger charge is -2.05. The molecular formula is C12H15N5O2S. The van der Waals surface area contributed by atoms with E-state index in [9.17, 15) is 4.79 Å². The predicted molar refractivity (Wildman–Crippen MR) is 76.1 cm³/mol. The van der Waals surface area contributed by atoms with E-state index in [1.165, 1.54) is 18.4 Å². The Hall–Kier alpha value is -2.06. The second-order valence-electron chi connectivity index (χ2n) is 3.99. The van der Waals surface area contributed by atoms with Gasteiger partial charge in [0.05, 0.1) is 12.1 Å². The molecule has 2 aromatic heterocycles. The van der Waals surface area contributed by atoms with E-state index < -0.39 is 0 Å². The number of anilines is 1. The Bertz CT molecular complexity index is 614. The maximum absolute atomic E-state index is 12.0. The van der Waals surface area contributed by atoms with Crippen molar-refractivity contribution in [2.75, 3.05) is 19.0 Å². The van der Waals surface area contributed by atoms with Gasteiger partial charge in [0.1, 0.15) is 5.69 Å². The molecule has 2 rings (SSSR count). The minimum Gasteiger partial charge on any atom is -0.481 e. The first-order chi connectivity index (χ1) is 9.62. The Balaban J connectivity index is 2.12. The lowest BCUT2D eigenvalue weighted by molar-refractivity contribution is 0.102. The number of hydrogen-bond acceptors (Lipinski definition) is 7. The molecule has 0 saturated heterocycles. The number of aromatic nitrogens is 3.